The first-order valence-electron chi connectivity index (χ1n) is 5.85. The Hall–Kier alpha value is -2.36. The maximum Gasteiger partial charge on any atom is 0.342 e. The van der Waals surface area contributed by atoms with Crippen molar-refractivity contribution in [3.63, 3.8) is 0 Å². The summed E-state index contributed by atoms with van der Waals surface area (Å²) in [5, 5.41) is 8.08. The topological polar surface area (TPSA) is 44.7 Å². The highest BCUT2D eigenvalue weighted by Gasteiger charge is 2.07. The van der Waals surface area contributed by atoms with E-state index in [4.69, 9.17) is 0 Å². The Balaban J connectivity index is 1.78. The number of hydrogen-bond donors (Lipinski definition) is 1. The Morgan fingerprint density at radius 2 is 2.00 bits per heavy atom. The molecule has 0 spiro atoms. The fourth-order valence-corrected chi connectivity index (χ4v) is 1.55. The summed E-state index contributed by atoms with van der Waals surface area (Å²) in [5.74, 6) is 0. The summed E-state index contributed by atoms with van der Waals surface area (Å²) in [7, 11) is 0. The Kier molecular flexibility index (Phi) is 4.30. The van der Waals surface area contributed by atoms with Gasteiger partial charge in [-0.1, -0.05) is 36.4 Å². The van der Waals surface area contributed by atoms with E-state index in [-0.39, 0.29) is 6.03 Å². The van der Waals surface area contributed by atoms with Gasteiger partial charge in [0, 0.05) is 19.0 Å². The van der Waals surface area contributed by atoms with E-state index in [1.165, 1.54) is 10.6 Å². The molecule has 4 nitrogen and oxygen atoms in total. The lowest BCUT2D eigenvalue weighted by molar-refractivity contribution is 0.217. The average Bonchev–Trinajstić information content (AvgIpc) is 2.69. The third-order valence-corrected chi connectivity index (χ3v) is 2.47. The van der Waals surface area contributed by atoms with E-state index in [1.807, 2.05) is 36.4 Å². The van der Waals surface area contributed by atoms with Crippen LogP contribution in [0.25, 0.3) is 0 Å². The fraction of sp³-hybridized carbons (Fsp3) is 0.143. The van der Waals surface area contributed by atoms with E-state index in [1.54, 1.807) is 24.6 Å². The summed E-state index contributed by atoms with van der Waals surface area (Å²) in [6, 6.07) is 9.82. The van der Waals surface area contributed by atoms with Crippen molar-refractivity contribution < 1.29 is 4.79 Å². The molecule has 0 fully saturated rings. The van der Waals surface area contributed by atoms with Crippen LogP contribution in [0.3, 0.4) is 0 Å². The normalized spacial score (nSPS) is 13.4. The van der Waals surface area contributed by atoms with Gasteiger partial charge in [-0.15, -0.1) is 0 Å². The molecule has 0 radical (unpaired) electrons. The first-order chi connectivity index (χ1) is 8.86. The molecule has 2 amide bonds. The second-order valence-corrected chi connectivity index (χ2v) is 3.80. The molecule has 0 saturated heterocycles. The second kappa shape index (κ2) is 6.39. The van der Waals surface area contributed by atoms with Gasteiger partial charge in [0.15, 0.2) is 0 Å². The summed E-state index contributed by atoms with van der Waals surface area (Å²) in [4.78, 5) is 11.8. The molecule has 0 aromatic heterocycles. The molecule has 0 bridgehead atoms. The molecule has 4 heteroatoms. The van der Waals surface area contributed by atoms with Gasteiger partial charge in [-0.05, 0) is 24.1 Å². The number of allylic oxidation sites excluding steroid dienone is 3. The average molecular weight is 241 g/mol. The lowest BCUT2D eigenvalue weighted by Gasteiger charge is -2.12. The van der Waals surface area contributed by atoms with Crippen LogP contribution in [0, 0.1) is 0 Å². The minimum Gasteiger partial charge on any atom is -0.336 e. The minimum absolute atomic E-state index is 0.220. The van der Waals surface area contributed by atoms with Gasteiger partial charge < -0.3 is 5.32 Å². The number of benzene rings is 1. The monoisotopic (exact) mass is 241 g/mol. The van der Waals surface area contributed by atoms with Gasteiger partial charge in [0.05, 0.1) is 0 Å². The molecule has 1 aromatic rings. The van der Waals surface area contributed by atoms with Crippen molar-refractivity contribution in [1.29, 1.82) is 0 Å². The number of rotatable bonds is 3. The van der Waals surface area contributed by atoms with Crippen LogP contribution >= 0.6 is 0 Å². The zero-order valence-electron chi connectivity index (χ0n) is 9.99. The third kappa shape index (κ3) is 3.59. The van der Waals surface area contributed by atoms with Crippen LogP contribution in [0.15, 0.2) is 59.9 Å². The van der Waals surface area contributed by atoms with Crippen LogP contribution in [0.1, 0.15) is 5.56 Å². The summed E-state index contributed by atoms with van der Waals surface area (Å²) in [6.07, 6.45) is 9.37. The maximum atomic E-state index is 11.8. The van der Waals surface area contributed by atoms with Gasteiger partial charge in [-0.2, -0.15) is 10.1 Å². The molecule has 1 aromatic carbocycles. The Morgan fingerprint density at radius 3 is 2.83 bits per heavy atom. The zero-order chi connectivity index (χ0) is 12.6. The van der Waals surface area contributed by atoms with Gasteiger partial charge in [-0.25, -0.2) is 4.79 Å². The van der Waals surface area contributed by atoms with Gasteiger partial charge in [0.25, 0.3) is 0 Å². The number of hydrazone groups is 1. The highest BCUT2D eigenvalue weighted by Crippen LogP contribution is 2.00. The van der Waals surface area contributed by atoms with Crippen LogP contribution in [0.4, 0.5) is 4.79 Å². The van der Waals surface area contributed by atoms with E-state index in [9.17, 15) is 4.79 Å². The smallest absolute Gasteiger partial charge is 0.336 e. The number of nitrogens with one attached hydrogen (secondary N) is 1. The summed E-state index contributed by atoms with van der Waals surface area (Å²) in [5.41, 5.74) is 1.20. The van der Waals surface area contributed by atoms with E-state index < -0.39 is 0 Å². The first kappa shape index (κ1) is 12.1. The number of nitrogens with zero attached hydrogens (tertiary/aromatic N) is 2. The van der Waals surface area contributed by atoms with Crippen LogP contribution in [0.2, 0.25) is 0 Å². The predicted molar refractivity (Wildman–Crippen MR) is 72.2 cm³/mol. The van der Waals surface area contributed by atoms with Gasteiger partial charge in [-0.3, -0.25) is 0 Å². The predicted octanol–water partition coefficient (Wildman–Crippen LogP) is 2.31. The van der Waals surface area contributed by atoms with Crippen molar-refractivity contribution in [3.05, 3.63) is 60.3 Å². The van der Waals surface area contributed by atoms with Gasteiger partial charge >= 0.3 is 6.03 Å². The van der Waals surface area contributed by atoms with Gasteiger partial charge in [0.2, 0.25) is 0 Å². The van der Waals surface area contributed by atoms with Gasteiger partial charge in [0.1, 0.15) is 0 Å². The fourth-order valence-electron chi connectivity index (χ4n) is 1.55. The molecule has 2 rings (SSSR count). The SMILES string of the molecule is O=C(NCCc1ccccc1)N1C=CC=CC=N1. The standard InChI is InChI=1S/C14H15N3O/c18-14(17-12-6-2-5-10-16-17)15-11-9-13-7-3-1-4-8-13/h1-8,10,12H,9,11H2,(H,15,18). The molecular formula is C14H15N3O. The molecule has 0 saturated carbocycles. The highest BCUT2D eigenvalue weighted by molar-refractivity contribution is 5.79. The van der Waals surface area contributed by atoms with Crippen LogP contribution in [-0.4, -0.2) is 23.8 Å². The van der Waals surface area contributed by atoms with E-state index >= 15 is 0 Å². The Labute approximate surface area is 106 Å². The molecule has 18 heavy (non-hydrogen) atoms. The molecule has 1 heterocycles. The lowest BCUT2D eigenvalue weighted by Crippen LogP contribution is -2.34. The second-order valence-electron chi connectivity index (χ2n) is 3.80. The minimum atomic E-state index is -0.220. The van der Waals surface area contributed by atoms with E-state index in [0.717, 1.165) is 6.42 Å². The lowest BCUT2D eigenvalue weighted by atomic mass is 10.1. The van der Waals surface area contributed by atoms with Crippen molar-refractivity contribution in [2.75, 3.05) is 6.54 Å². The molecule has 0 aliphatic carbocycles. The molecular weight excluding hydrogens is 226 g/mol. The number of carbonyl (C=O) groups is 1. The van der Waals surface area contributed by atoms with E-state index in [2.05, 4.69) is 10.4 Å². The molecule has 92 valence electrons. The van der Waals surface area contributed by atoms with Crippen LogP contribution in [-0.2, 0) is 6.42 Å². The summed E-state index contributed by atoms with van der Waals surface area (Å²) < 4.78 is 0. The molecule has 0 unspecified atom stereocenters. The molecule has 1 N–H and O–H groups in total. The summed E-state index contributed by atoms with van der Waals surface area (Å²) >= 11 is 0. The summed E-state index contributed by atoms with van der Waals surface area (Å²) in [6.45, 7) is 0.593. The molecule has 1 aliphatic heterocycles. The van der Waals surface area contributed by atoms with E-state index in [0.29, 0.717) is 6.54 Å². The highest BCUT2D eigenvalue weighted by atomic mass is 16.2. The Bertz CT molecular complexity index is 461. The first-order valence-corrected chi connectivity index (χ1v) is 5.85. The molecule has 1 aliphatic rings. The van der Waals surface area contributed by atoms with Crippen molar-refractivity contribution in [1.82, 2.24) is 10.3 Å². The third-order valence-electron chi connectivity index (χ3n) is 2.47. The van der Waals surface area contributed by atoms with Crippen LogP contribution < -0.4 is 5.32 Å². The van der Waals surface area contributed by atoms with Crippen molar-refractivity contribution in [2.45, 2.75) is 6.42 Å². The van der Waals surface area contributed by atoms with Crippen molar-refractivity contribution >= 4 is 12.2 Å². The van der Waals surface area contributed by atoms with Crippen molar-refractivity contribution in [3.8, 4) is 0 Å². The molecule has 0 atom stereocenters. The van der Waals surface area contributed by atoms with Crippen LogP contribution in [0.5, 0.6) is 0 Å². The number of urea groups is 1. The zero-order valence-corrected chi connectivity index (χ0v) is 9.99. The number of hydrogen-bond acceptors (Lipinski definition) is 2. The van der Waals surface area contributed by atoms with Crippen molar-refractivity contribution in [2.24, 2.45) is 5.10 Å². The number of carbonyl (C=O) groups excluding carboxylic acids is 1. The number of amides is 2. The quantitative estimate of drug-likeness (QED) is 0.867. The largest absolute Gasteiger partial charge is 0.342 e. The maximum absolute atomic E-state index is 11.8. The Morgan fingerprint density at radius 1 is 1.17 bits per heavy atom.